The van der Waals surface area contributed by atoms with Gasteiger partial charge in [0.1, 0.15) is 18.2 Å². The van der Waals surface area contributed by atoms with Crippen molar-refractivity contribution in [2.24, 2.45) is 5.73 Å². The number of rotatable bonds is 4. The van der Waals surface area contributed by atoms with Crippen molar-refractivity contribution in [1.82, 2.24) is 0 Å². The Morgan fingerprint density at radius 3 is 2.60 bits per heavy atom. The molecule has 1 rings (SSSR count). The first-order valence-electron chi connectivity index (χ1n) is 4.22. The smallest absolute Gasteiger partial charge is 0.251 e. The first-order chi connectivity index (χ1) is 7.00. The first-order valence-corrected chi connectivity index (χ1v) is 4.22. The summed E-state index contributed by atoms with van der Waals surface area (Å²) < 4.78 is 18.1. The van der Waals surface area contributed by atoms with Crippen LogP contribution in [-0.4, -0.2) is 18.3 Å². The van der Waals surface area contributed by atoms with E-state index < -0.39 is 11.7 Å². The van der Waals surface area contributed by atoms with E-state index in [-0.39, 0.29) is 23.7 Å². The molecule has 1 amide bonds. The number of ketones is 1. The molecule has 5 heteroatoms. The van der Waals surface area contributed by atoms with Gasteiger partial charge < -0.3 is 10.5 Å². The number of primary amides is 1. The second-order valence-electron chi connectivity index (χ2n) is 3.00. The molecule has 1 aromatic rings. The van der Waals surface area contributed by atoms with E-state index >= 15 is 0 Å². The average Bonchev–Trinajstić information content (AvgIpc) is 2.14. The van der Waals surface area contributed by atoms with E-state index in [0.29, 0.717) is 0 Å². The molecule has 0 unspecified atom stereocenters. The van der Waals surface area contributed by atoms with E-state index in [2.05, 4.69) is 0 Å². The fraction of sp³-hybridized carbons (Fsp3) is 0.200. The van der Waals surface area contributed by atoms with Gasteiger partial charge in [0.2, 0.25) is 0 Å². The third-order valence-corrected chi connectivity index (χ3v) is 1.65. The number of carbonyl (C=O) groups excluding carboxylic acids is 2. The predicted molar refractivity (Wildman–Crippen MR) is 51.1 cm³/mol. The predicted octanol–water partition coefficient (Wildman–Crippen LogP) is 0.892. The lowest BCUT2D eigenvalue weighted by atomic mass is 10.2. The minimum Gasteiger partial charge on any atom is -0.486 e. The summed E-state index contributed by atoms with van der Waals surface area (Å²) in [5, 5.41) is 0. The molecule has 0 aliphatic carbocycles. The zero-order chi connectivity index (χ0) is 11.4. The summed E-state index contributed by atoms with van der Waals surface area (Å²) in [6.07, 6.45) is 0. The van der Waals surface area contributed by atoms with Crippen LogP contribution in [0.4, 0.5) is 4.39 Å². The van der Waals surface area contributed by atoms with Crippen molar-refractivity contribution < 1.29 is 18.7 Å². The van der Waals surface area contributed by atoms with Gasteiger partial charge in [-0.25, -0.2) is 4.39 Å². The fourth-order valence-electron chi connectivity index (χ4n) is 0.970. The first kappa shape index (κ1) is 11.2. The monoisotopic (exact) mass is 211 g/mol. The lowest BCUT2D eigenvalue weighted by Gasteiger charge is -2.05. The van der Waals surface area contributed by atoms with E-state index in [1.54, 1.807) is 0 Å². The van der Waals surface area contributed by atoms with Crippen LogP contribution in [0.25, 0.3) is 0 Å². The van der Waals surface area contributed by atoms with Gasteiger partial charge in [0, 0.05) is 6.07 Å². The third-order valence-electron chi connectivity index (χ3n) is 1.65. The lowest BCUT2D eigenvalue weighted by molar-refractivity contribution is -0.118. The van der Waals surface area contributed by atoms with E-state index in [1.165, 1.54) is 19.1 Å². The van der Waals surface area contributed by atoms with E-state index in [1.807, 2.05) is 0 Å². The highest BCUT2D eigenvalue weighted by Gasteiger charge is 2.09. The van der Waals surface area contributed by atoms with Gasteiger partial charge in [0.25, 0.3) is 5.91 Å². The molecular weight excluding hydrogens is 201 g/mol. The molecule has 0 bridgehead atoms. The summed E-state index contributed by atoms with van der Waals surface area (Å²) in [6.45, 7) is 1.23. The van der Waals surface area contributed by atoms with Crippen LogP contribution in [0.2, 0.25) is 0 Å². The van der Waals surface area contributed by atoms with E-state index in [4.69, 9.17) is 10.5 Å². The van der Waals surface area contributed by atoms with Crippen molar-refractivity contribution in [3.63, 3.8) is 0 Å². The van der Waals surface area contributed by atoms with Crippen LogP contribution in [0.5, 0.6) is 5.75 Å². The number of Topliss-reactive ketones (excluding diaryl/α,β-unsaturated/α-hetero) is 1. The Hall–Kier alpha value is -1.91. The molecule has 0 saturated heterocycles. The topological polar surface area (TPSA) is 69.4 Å². The Labute approximate surface area is 85.8 Å². The molecule has 0 heterocycles. The highest BCUT2D eigenvalue weighted by molar-refractivity contribution is 5.93. The number of amides is 1. The summed E-state index contributed by atoms with van der Waals surface area (Å²) in [4.78, 5) is 21.3. The maximum atomic E-state index is 13.2. The Balaban J connectivity index is 2.82. The fourth-order valence-corrected chi connectivity index (χ4v) is 0.970. The van der Waals surface area contributed by atoms with Gasteiger partial charge in [0.15, 0.2) is 5.78 Å². The number of hydrogen-bond donors (Lipinski definition) is 1. The quantitative estimate of drug-likeness (QED) is 0.804. The highest BCUT2D eigenvalue weighted by atomic mass is 19.1. The second-order valence-corrected chi connectivity index (χ2v) is 3.00. The van der Waals surface area contributed by atoms with Gasteiger partial charge in [-0.05, 0) is 19.1 Å². The maximum Gasteiger partial charge on any atom is 0.251 e. The van der Waals surface area contributed by atoms with Crippen LogP contribution in [-0.2, 0) is 4.79 Å². The molecule has 0 aromatic heterocycles. The molecule has 0 fully saturated rings. The van der Waals surface area contributed by atoms with Gasteiger partial charge in [-0.15, -0.1) is 0 Å². The number of ether oxygens (including phenoxy) is 1. The molecule has 2 N–H and O–H groups in total. The molecule has 0 spiro atoms. The van der Waals surface area contributed by atoms with Gasteiger partial charge >= 0.3 is 0 Å². The van der Waals surface area contributed by atoms with E-state index in [0.717, 1.165) is 6.07 Å². The maximum absolute atomic E-state index is 13.2. The molecule has 0 aliphatic heterocycles. The Bertz CT molecular complexity index is 404. The minimum atomic E-state index is -0.842. The molecule has 80 valence electrons. The number of nitrogens with two attached hydrogens (primary N) is 1. The molecule has 1 aromatic carbocycles. The van der Waals surface area contributed by atoms with Crippen LogP contribution in [0.3, 0.4) is 0 Å². The van der Waals surface area contributed by atoms with Crippen molar-refractivity contribution >= 4 is 11.7 Å². The number of hydrogen-bond acceptors (Lipinski definition) is 3. The van der Waals surface area contributed by atoms with Gasteiger partial charge in [-0.3, -0.25) is 9.59 Å². The van der Waals surface area contributed by atoms with Gasteiger partial charge in [0.05, 0.1) is 5.56 Å². The molecule has 15 heavy (non-hydrogen) atoms. The Morgan fingerprint density at radius 2 is 2.13 bits per heavy atom. The highest BCUT2D eigenvalue weighted by Crippen LogP contribution is 2.16. The third kappa shape index (κ3) is 3.05. The summed E-state index contributed by atoms with van der Waals surface area (Å²) in [5.41, 5.74) is 4.71. The molecule has 0 radical (unpaired) electrons. The van der Waals surface area contributed by atoms with Crippen molar-refractivity contribution in [3.05, 3.63) is 29.6 Å². The summed E-state index contributed by atoms with van der Waals surface area (Å²) >= 11 is 0. The van der Waals surface area contributed by atoms with Crippen LogP contribution < -0.4 is 10.5 Å². The molecule has 0 aliphatic rings. The average molecular weight is 211 g/mol. The normalized spacial score (nSPS) is 9.73. The van der Waals surface area contributed by atoms with Gasteiger partial charge in [-0.1, -0.05) is 0 Å². The standard InChI is InChI=1S/C10H10FNO3/c1-6(13)5-15-7-2-3-8(10(12)14)9(11)4-7/h2-4H,5H2,1H3,(H2,12,14). The van der Waals surface area contributed by atoms with Crippen LogP contribution in [0.15, 0.2) is 18.2 Å². The van der Waals surface area contributed by atoms with Crippen molar-refractivity contribution in [1.29, 1.82) is 0 Å². The second kappa shape index (κ2) is 4.54. The van der Waals surface area contributed by atoms with Crippen LogP contribution in [0, 0.1) is 5.82 Å². The van der Waals surface area contributed by atoms with Gasteiger partial charge in [-0.2, -0.15) is 0 Å². The zero-order valence-electron chi connectivity index (χ0n) is 8.12. The Kier molecular flexibility index (Phi) is 3.38. The Morgan fingerprint density at radius 1 is 1.47 bits per heavy atom. The number of halogens is 1. The number of benzene rings is 1. The van der Waals surface area contributed by atoms with E-state index in [9.17, 15) is 14.0 Å². The molecule has 0 saturated carbocycles. The van der Waals surface area contributed by atoms with Crippen molar-refractivity contribution in [2.45, 2.75) is 6.92 Å². The molecule has 4 nitrogen and oxygen atoms in total. The summed E-state index contributed by atoms with van der Waals surface area (Å²) in [5.74, 6) is -1.59. The summed E-state index contributed by atoms with van der Waals surface area (Å²) in [7, 11) is 0. The van der Waals surface area contributed by atoms with Crippen LogP contribution >= 0.6 is 0 Å². The molecular formula is C10H10FNO3. The minimum absolute atomic E-state index is 0.130. The lowest BCUT2D eigenvalue weighted by Crippen LogP contribution is -2.13. The van der Waals surface area contributed by atoms with Crippen molar-refractivity contribution in [2.75, 3.05) is 6.61 Å². The molecule has 0 atom stereocenters. The zero-order valence-corrected chi connectivity index (χ0v) is 8.12. The number of carbonyl (C=O) groups is 2. The van der Waals surface area contributed by atoms with Crippen LogP contribution in [0.1, 0.15) is 17.3 Å². The largest absolute Gasteiger partial charge is 0.486 e. The summed E-state index contributed by atoms with van der Waals surface area (Å²) in [6, 6.07) is 3.61. The van der Waals surface area contributed by atoms with Crippen molar-refractivity contribution in [3.8, 4) is 5.75 Å². The SMILES string of the molecule is CC(=O)COc1ccc(C(N)=O)c(F)c1.